The van der Waals surface area contributed by atoms with Gasteiger partial charge in [0, 0.05) is 5.25 Å². The van der Waals surface area contributed by atoms with Gasteiger partial charge in [0.15, 0.2) is 4.34 Å². The first-order valence-corrected chi connectivity index (χ1v) is 8.97. The molecule has 7 heteroatoms. The molecule has 0 saturated heterocycles. The summed E-state index contributed by atoms with van der Waals surface area (Å²) in [5.41, 5.74) is 2.83. The van der Waals surface area contributed by atoms with Crippen LogP contribution in [0.5, 0.6) is 0 Å². The lowest BCUT2D eigenvalue weighted by atomic mass is 9.91. The first-order valence-electron chi connectivity index (χ1n) is 7.28. The maximum atomic E-state index is 11.4. The topological polar surface area (TPSA) is 64.1 Å². The van der Waals surface area contributed by atoms with Crippen LogP contribution in [0.2, 0.25) is 0 Å². The molecular weight excluding hydrogens is 318 g/mol. The first kappa shape index (κ1) is 15.3. The Labute approximate surface area is 137 Å². The summed E-state index contributed by atoms with van der Waals surface area (Å²) in [4.78, 5) is 11.4. The van der Waals surface area contributed by atoms with Gasteiger partial charge in [-0.05, 0) is 37.3 Å². The van der Waals surface area contributed by atoms with E-state index in [4.69, 9.17) is 4.74 Å². The number of aryl methyl sites for hydroxylation is 1. The number of carbonyl (C=O) groups excluding carboxylic acids is 1. The Morgan fingerprint density at radius 3 is 3.18 bits per heavy atom. The monoisotopic (exact) mass is 335 g/mol. The number of hydrogen-bond donors (Lipinski definition) is 1. The number of rotatable bonds is 4. The highest BCUT2D eigenvalue weighted by Crippen LogP contribution is 2.44. The Kier molecular flexibility index (Phi) is 4.94. The van der Waals surface area contributed by atoms with Gasteiger partial charge in [-0.2, -0.15) is 0 Å². The zero-order chi connectivity index (χ0) is 15.4. The fourth-order valence-corrected chi connectivity index (χ4v) is 4.73. The van der Waals surface area contributed by atoms with E-state index in [2.05, 4.69) is 39.8 Å². The van der Waals surface area contributed by atoms with Crippen molar-refractivity contribution in [3.63, 3.8) is 0 Å². The molecule has 1 aromatic heterocycles. The Hall–Kier alpha value is -1.60. The first-order chi connectivity index (χ1) is 10.8. The Morgan fingerprint density at radius 1 is 1.45 bits per heavy atom. The van der Waals surface area contributed by atoms with Crippen molar-refractivity contribution >= 4 is 34.3 Å². The molecule has 3 rings (SSSR count). The summed E-state index contributed by atoms with van der Waals surface area (Å²) in [5, 5.41) is 11.6. The van der Waals surface area contributed by atoms with Gasteiger partial charge in [0.1, 0.15) is 0 Å². The number of fused-ring (bicyclic) bond motifs is 1. The molecule has 0 bridgehead atoms. The highest BCUT2D eigenvalue weighted by molar-refractivity contribution is 8.01. The maximum absolute atomic E-state index is 11.4. The fourth-order valence-electron chi connectivity index (χ4n) is 2.52. The lowest BCUT2D eigenvalue weighted by molar-refractivity contribution is 0.168. The average Bonchev–Trinajstić information content (AvgIpc) is 2.95. The van der Waals surface area contributed by atoms with E-state index < -0.39 is 6.09 Å². The van der Waals surface area contributed by atoms with Gasteiger partial charge in [-0.25, -0.2) is 4.79 Å². The van der Waals surface area contributed by atoms with E-state index in [0.717, 1.165) is 17.2 Å². The van der Waals surface area contributed by atoms with Gasteiger partial charge in [0.05, 0.1) is 6.61 Å². The number of ether oxygens (including phenoxy) is 1. The van der Waals surface area contributed by atoms with Crippen LogP contribution in [-0.2, 0) is 11.2 Å². The summed E-state index contributed by atoms with van der Waals surface area (Å²) in [6.07, 6.45) is 3.00. The summed E-state index contributed by atoms with van der Waals surface area (Å²) in [6, 6.07) is 8.59. The highest BCUT2D eigenvalue weighted by Gasteiger charge is 2.22. The van der Waals surface area contributed by atoms with Crippen molar-refractivity contribution in [1.29, 1.82) is 0 Å². The van der Waals surface area contributed by atoms with Gasteiger partial charge < -0.3 is 4.74 Å². The minimum atomic E-state index is -0.488. The van der Waals surface area contributed by atoms with E-state index in [-0.39, 0.29) is 0 Å². The van der Waals surface area contributed by atoms with Crippen LogP contribution in [0.25, 0.3) is 0 Å². The van der Waals surface area contributed by atoms with Crippen LogP contribution in [0.3, 0.4) is 0 Å². The predicted octanol–water partition coefficient (Wildman–Crippen LogP) is 4.28. The smallest absolute Gasteiger partial charge is 0.413 e. The minimum Gasteiger partial charge on any atom is -0.450 e. The van der Waals surface area contributed by atoms with Gasteiger partial charge >= 0.3 is 6.09 Å². The third kappa shape index (κ3) is 3.59. The lowest BCUT2D eigenvalue weighted by Crippen LogP contribution is -2.12. The molecular formula is C15H17N3O2S2. The normalized spacial score (nSPS) is 16.9. The molecule has 0 radical (unpaired) electrons. The molecule has 1 N–H and O–H groups in total. The van der Waals surface area contributed by atoms with Crippen molar-refractivity contribution in [3.05, 3.63) is 35.4 Å². The van der Waals surface area contributed by atoms with Crippen molar-refractivity contribution in [2.45, 2.75) is 35.8 Å². The van der Waals surface area contributed by atoms with E-state index >= 15 is 0 Å². The van der Waals surface area contributed by atoms with Crippen molar-refractivity contribution in [2.75, 3.05) is 11.9 Å². The van der Waals surface area contributed by atoms with Crippen LogP contribution in [0, 0.1) is 0 Å². The molecule has 2 aromatic rings. The molecule has 1 heterocycles. The largest absolute Gasteiger partial charge is 0.450 e. The number of hydrogen-bond acceptors (Lipinski definition) is 6. The molecule has 1 aliphatic rings. The number of nitrogens with zero attached hydrogens (tertiary/aromatic N) is 2. The molecule has 1 aromatic carbocycles. The van der Waals surface area contributed by atoms with Gasteiger partial charge in [0.25, 0.3) is 0 Å². The van der Waals surface area contributed by atoms with Crippen LogP contribution < -0.4 is 5.32 Å². The van der Waals surface area contributed by atoms with Crippen molar-refractivity contribution < 1.29 is 9.53 Å². The second-order valence-electron chi connectivity index (χ2n) is 4.92. The van der Waals surface area contributed by atoms with Crippen molar-refractivity contribution in [1.82, 2.24) is 10.2 Å². The molecule has 22 heavy (non-hydrogen) atoms. The molecule has 0 fully saturated rings. The van der Waals surface area contributed by atoms with Crippen LogP contribution in [0.1, 0.15) is 36.1 Å². The van der Waals surface area contributed by atoms with Crippen LogP contribution in [0.4, 0.5) is 9.93 Å². The summed E-state index contributed by atoms with van der Waals surface area (Å²) in [6.45, 7) is 2.10. The highest BCUT2D eigenvalue weighted by atomic mass is 32.2. The van der Waals surface area contributed by atoms with Gasteiger partial charge in [0.2, 0.25) is 5.13 Å². The number of thioether (sulfide) groups is 1. The van der Waals surface area contributed by atoms with Crippen molar-refractivity contribution in [3.8, 4) is 0 Å². The average molecular weight is 335 g/mol. The molecule has 0 spiro atoms. The molecule has 1 atom stereocenters. The number of carbonyl (C=O) groups is 1. The summed E-state index contributed by atoms with van der Waals surface area (Å²) < 4.78 is 5.70. The Morgan fingerprint density at radius 2 is 2.32 bits per heavy atom. The summed E-state index contributed by atoms with van der Waals surface area (Å²) in [5.74, 6) is 0. The molecule has 116 valence electrons. The van der Waals surface area contributed by atoms with Gasteiger partial charge in [-0.15, -0.1) is 10.2 Å². The minimum absolute atomic E-state index is 0.338. The number of amides is 1. The molecule has 0 saturated carbocycles. The van der Waals surface area contributed by atoms with Crippen LogP contribution >= 0.6 is 23.1 Å². The third-order valence-electron chi connectivity index (χ3n) is 3.45. The van der Waals surface area contributed by atoms with Crippen molar-refractivity contribution in [2.24, 2.45) is 0 Å². The summed E-state index contributed by atoms with van der Waals surface area (Å²) in [7, 11) is 0. The predicted molar refractivity (Wildman–Crippen MR) is 88.5 cm³/mol. The number of aromatic nitrogens is 2. The Balaban J connectivity index is 1.67. The molecule has 0 aliphatic heterocycles. The molecule has 1 aliphatic carbocycles. The number of benzene rings is 1. The quantitative estimate of drug-likeness (QED) is 0.845. The lowest BCUT2D eigenvalue weighted by Gasteiger charge is -2.23. The fraction of sp³-hybridized carbons (Fsp3) is 0.400. The van der Waals surface area contributed by atoms with Crippen LogP contribution in [0.15, 0.2) is 28.6 Å². The van der Waals surface area contributed by atoms with E-state index in [0.29, 0.717) is 17.0 Å². The number of anilines is 1. The van der Waals surface area contributed by atoms with Crippen LogP contribution in [-0.4, -0.2) is 22.9 Å². The number of nitrogens with one attached hydrogen (secondary N) is 1. The molecule has 1 unspecified atom stereocenters. The third-order valence-corrected chi connectivity index (χ3v) is 5.68. The maximum Gasteiger partial charge on any atom is 0.413 e. The van der Waals surface area contributed by atoms with Gasteiger partial charge in [-0.3, -0.25) is 5.32 Å². The second-order valence-corrected chi connectivity index (χ2v) is 7.34. The zero-order valence-electron chi connectivity index (χ0n) is 12.2. The van der Waals surface area contributed by atoms with E-state index in [9.17, 15) is 4.79 Å². The molecule has 1 amide bonds. The van der Waals surface area contributed by atoms with E-state index in [1.807, 2.05) is 0 Å². The van der Waals surface area contributed by atoms with Gasteiger partial charge in [-0.1, -0.05) is 47.4 Å². The zero-order valence-corrected chi connectivity index (χ0v) is 13.9. The Bertz CT molecular complexity index is 660. The standard InChI is InChI=1S/C15H17N3O2S2/c1-2-20-14(19)16-13-17-18-15(22-13)21-12-9-5-7-10-6-3-4-8-11(10)12/h3-4,6,8,12H,2,5,7,9H2,1H3,(H,16,17,19). The molecule has 5 nitrogen and oxygen atoms in total. The van der Waals surface area contributed by atoms with E-state index in [1.54, 1.807) is 18.7 Å². The second kappa shape index (κ2) is 7.11. The van der Waals surface area contributed by atoms with E-state index in [1.165, 1.54) is 28.9 Å². The SMILES string of the molecule is CCOC(=O)Nc1nnc(SC2CCCc3ccccc32)s1. The summed E-state index contributed by atoms with van der Waals surface area (Å²) >= 11 is 3.11.